The van der Waals surface area contributed by atoms with Crippen molar-refractivity contribution in [3.8, 4) is 0 Å². The minimum absolute atomic E-state index is 0.127. The monoisotopic (exact) mass is 252 g/mol. The van der Waals surface area contributed by atoms with Crippen LogP contribution in [0.1, 0.15) is 23.7 Å². The first kappa shape index (κ1) is 12.1. The van der Waals surface area contributed by atoms with Crippen LogP contribution in [0.2, 0.25) is 5.02 Å². The number of nitrogens with zero attached hydrogens (tertiary/aromatic N) is 2. The molecule has 0 bridgehead atoms. The molecule has 1 aromatic carbocycles. The van der Waals surface area contributed by atoms with Crippen molar-refractivity contribution in [2.45, 2.75) is 19.3 Å². The number of hydrogen-bond acceptors (Lipinski definition) is 4. The van der Waals surface area contributed by atoms with Crippen LogP contribution in [-0.4, -0.2) is 21.9 Å². The van der Waals surface area contributed by atoms with Gasteiger partial charge in [-0.25, -0.2) is 0 Å². The maximum absolute atomic E-state index is 8.70. The van der Waals surface area contributed by atoms with Crippen molar-refractivity contribution in [3.05, 3.63) is 46.6 Å². The summed E-state index contributed by atoms with van der Waals surface area (Å²) in [5.74, 6) is 1.17. The third kappa shape index (κ3) is 3.28. The molecule has 0 aliphatic rings. The van der Waals surface area contributed by atoms with E-state index in [1.54, 1.807) is 0 Å². The highest BCUT2D eigenvalue weighted by atomic mass is 35.5. The van der Waals surface area contributed by atoms with Gasteiger partial charge in [-0.15, -0.1) is 0 Å². The van der Waals surface area contributed by atoms with E-state index < -0.39 is 0 Å². The zero-order valence-corrected chi connectivity index (χ0v) is 10.0. The van der Waals surface area contributed by atoms with Gasteiger partial charge in [0.2, 0.25) is 5.89 Å². The van der Waals surface area contributed by atoms with Gasteiger partial charge in [0.15, 0.2) is 5.82 Å². The molecule has 1 aromatic heterocycles. The van der Waals surface area contributed by atoms with Gasteiger partial charge in [0, 0.05) is 24.5 Å². The lowest BCUT2D eigenvalue weighted by atomic mass is 10.1. The van der Waals surface area contributed by atoms with Gasteiger partial charge in [-0.3, -0.25) is 0 Å². The van der Waals surface area contributed by atoms with Gasteiger partial charge in [0.25, 0.3) is 0 Å². The quantitative estimate of drug-likeness (QED) is 0.887. The van der Waals surface area contributed by atoms with E-state index in [9.17, 15) is 0 Å². The predicted octanol–water partition coefficient (Wildman–Crippen LogP) is 2.24. The molecule has 0 spiro atoms. The maximum atomic E-state index is 8.70. The Bertz CT molecular complexity index is 485. The van der Waals surface area contributed by atoms with Gasteiger partial charge in [-0.2, -0.15) is 4.98 Å². The summed E-state index contributed by atoms with van der Waals surface area (Å²) in [5, 5.41) is 13.3. The summed E-state index contributed by atoms with van der Waals surface area (Å²) in [7, 11) is 0. The predicted molar refractivity (Wildman–Crippen MR) is 64.0 cm³/mol. The van der Waals surface area contributed by atoms with Crippen LogP contribution < -0.4 is 0 Å². The molecule has 0 aliphatic heterocycles. The van der Waals surface area contributed by atoms with Crippen molar-refractivity contribution < 1.29 is 9.63 Å². The van der Waals surface area contributed by atoms with Gasteiger partial charge in [0.05, 0.1) is 0 Å². The molecule has 1 heterocycles. The van der Waals surface area contributed by atoms with Gasteiger partial charge in [-0.05, 0) is 18.1 Å². The third-order valence-electron chi connectivity index (χ3n) is 2.37. The standard InChI is InChI=1S/C12H13ClN2O2/c13-10-5-2-1-4-9(10)8-11-14-12(17-15-11)6-3-7-16/h1-2,4-5,16H,3,6-8H2. The highest BCUT2D eigenvalue weighted by molar-refractivity contribution is 6.31. The molecule has 0 saturated carbocycles. The smallest absolute Gasteiger partial charge is 0.226 e. The van der Waals surface area contributed by atoms with Crippen molar-refractivity contribution in [1.82, 2.24) is 10.1 Å². The summed E-state index contributed by atoms with van der Waals surface area (Å²) in [6, 6.07) is 7.58. The van der Waals surface area contributed by atoms with Gasteiger partial charge < -0.3 is 9.63 Å². The molecule has 1 N–H and O–H groups in total. The lowest BCUT2D eigenvalue weighted by Gasteiger charge is -1.98. The Hall–Kier alpha value is -1.39. The average Bonchev–Trinajstić information content (AvgIpc) is 2.77. The Morgan fingerprint density at radius 2 is 2.12 bits per heavy atom. The molecule has 0 fully saturated rings. The minimum Gasteiger partial charge on any atom is -0.396 e. The van der Waals surface area contributed by atoms with E-state index in [0.29, 0.717) is 36.0 Å². The molecule has 0 radical (unpaired) electrons. The van der Waals surface area contributed by atoms with E-state index >= 15 is 0 Å². The molecule has 2 aromatic rings. The van der Waals surface area contributed by atoms with Crippen LogP contribution in [0, 0.1) is 0 Å². The maximum Gasteiger partial charge on any atom is 0.226 e. The Balaban J connectivity index is 2.04. The number of halogens is 1. The molecule has 17 heavy (non-hydrogen) atoms. The average molecular weight is 253 g/mol. The van der Waals surface area contributed by atoms with Crippen LogP contribution in [-0.2, 0) is 12.8 Å². The molecular weight excluding hydrogens is 240 g/mol. The fourth-order valence-corrected chi connectivity index (χ4v) is 1.71. The van der Waals surface area contributed by atoms with Crippen LogP contribution in [0.15, 0.2) is 28.8 Å². The van der Waals surface area contributed by atoms with Crippen LogP contribution in [0.4, 0.5) is 0 Å². The zero-order valence-electron chi connectivity index (χ0n) is 9.27. The second kappa shape index (κ2) is 5.80. The van der Waals surface area contributed by atoms with Crippen molar-refractivity contribution in [2.75, 3.05) is 6.61 Å². The van der Waals surface area contributed by atoms with E-state index in [1.165, 1.54) is 0 Å². The Morgan fingerprint density at radius 3 is 2.88 bits per heavy atom. The molecular formula is C12H13ClN2O2. The summed E-state index contributed by atoms with van der Waals surface area (Å²) in [6.07, 6.45) is 1.79. The van der Waals surface area contributed by atoms with Crippen LogP contribution in [0.25, 0.3) is 0 Å². The fraction of sp³-hybridized carbons (Fsp3) is 0.333. The highest BCUT2D eigenvalue weighted by Gasteiger charge is 2.08. The topological polar surface area (TPSA) is 59.2 Å². The third-order valence-corrected chi connectivity index (χ3v) is 2.73. The second-order valence-electron chi connectivity index (χ2n) is 3.70. The summed E-state index contributed by atoms with van der Waals surface area (Å²) in [4.78, 5) is 4.24. The number of rotatable bonds is 5. The van der Waals surface area contributed by atoms with Gasteiger partial charge >= 0.3 is 0 Å². The molecule has 4 nitrogen and oxygen atoms in total. The van der Waals surface area contributed by atoms with E-state index in [1.807, 2.05) is 24.3 Å². The van der Waals surface area contributed by atoms with Crippen LogP contribution >= 0.6 is 11.6 Å². The fourth-order valence-electron chi connectivity index (χ4n) is 1.51. The van der Waals surface area contributed by atoms with Gasteiger partial charge in [0.1, 0.15) is 0 Å². The SMILES string of the molecule is OCCCc1nc(Cc2ccccc2Cl)no1. The van der Waals surface area contributed by atoms with E-state index in [0.717, 1.165) is 5.56 Å². The molecule has 0 amide bonds. The number of aliphatic hydroxyl groups excluding tert-OH is 1. The highest BCUT2D eigenvalue weighted by Crippen LogP contribution is 2.17. The Kier molecular flexibility index (Phi) is 4.12. The number of aromatic nitrogens is 2. The summed E-state index contributed by atoms with van der Waals surface area (Å²) >= 11 is 6.05. The zero-order chi connectivity index (χ0) is 12.1. The lowest BCUT2D eigenvalue weighted by Crippen LogP contribution is -1.93. The summed E-state index contributed by atoms with van der Waals surface area (Å²) < 4.78 is 5.06. The molecule has 0 atom stereocenters. The molecule has 0 saturated heterocycles. The van der Waals surface area contributed by atoms with Crippen LogP contribution in [0.3, 0.4) is 0 Å². The summed E-state index contributed by atoms with van der Waals surface area (Å²) in [5.41, 5.74) is 0.976. The van der Waals surface area contributed by atoms with Crippen molar-refractivity contribution in [1.29, 1.82) is 0 Å². The van der Waals surface area contributed by atoms with E-state index in [2.05, 4.69) is 10.1 Å². The first-order valence-electron chi connectivity index (χ1n) is 5.45. The first-order valence-corrected chi connectivity index (χ1v) is 5.83. The summed E-state index contributed by atoms with van der Waals surface area (Å²) in [6.45, 7) is 0.127. The number of benzene rings is 1. The largest absolute Gasteiger partial charge is 0.396 e. The van der Waals surface area contributed by atoms with E-state index in [4.69, 9.17) is 21.2 Å². The molecule has 0 unspecified atom stereocenters. The van der Waals surface area contributed by atoms with Crippen molar-refractivity contribution >= 4 is 11.6 Å². The molecule has 5 heteroatoms. The second-order valence-corrected chi connectivity index (χ2v) is 4.11. The normalized spacial score (nSPS) is 10.7. The number of aryl methyl sites for hydroxylation is 1. The Morgan fingerprint density at radius 1 is 1.29 bits per heavy atom. The number of hydrogen-bond donors (Lipinski definition) is 1. The molecule has 90 valence electrons. The van der Waals surface area contributed by atoms with E-state index in [-0.39, 0.29) is 6.61 Å². The first-order chi connectivity index (χ1) is 8.29. The number of aliphatic hydroxyl groups is 1. The Labute approximate surface area is 104 Å². The molecule has 2 rings (SSSR count). The minimum atomic E-state index is 0.127. The molecule has 0 aliphatic carbocycles. The van der Waals surface area contributed by atoms with Crippen LogP contribution in [0.5, 0.6) is 0 Å². The van der Waals surface area contributed by atoms with Crippen molar-refractivity contribution in [2.24, 2.45) is 0 Å². The van der Waals surface area contributed by atoms with Crippen molar-refractivity contribution in [3.63, 3.8) is 0 Å². The lowest BCUT2D eigenvalue weighted by molar-refractivity contribution is 0.278. The van der Waals surface area contributed by atoms with Gasteiger partial charge in [-0.1, -0.05) is 35.0 Å².